The summed E-state index contributed by atoms with van der Waals surface area (Å²) >= 11 is 1.98. The van der Waals surface area contributed by atoms with Crippen LogP contribution < -0.4 is 15.8 Å². The molecule has 1 aliphatic heterocycles. The third kappa shape index (κ3) is 5.36. The molecule has 0 N–H and O–H groups in total. The number of rotatable bonds is 10. The Bertz CT molecular complexity index is 2220. The zero-order chi connectivity index (χ0) is 34.6. The van der Waals surface area contributed by atoms with Crippen molar-refractivity contribution in [1.29, 1.82) is 0 Å². The lowest BCUT2D eigenvalue weighted by Gasteiger charge is -2.41. The van der Waals surface area contributed by atoms with Gasteiger partial charge in [0.1, 0.15) is 0 Å². The number of anilines is 3. The van der Waals surface area contributed by atoms with E-state index in [1.807, 2.05) is 11.3 Å². The normalized spacial score (nSPS) is 16.1. The van der Waals surface area contributed by atoms with Crippen LogP contribution in [0.15, 0.2) is 115 Å². The molecule has 2 atom stereocenters. The van der Waals surface area contributed by atoms with E-state index in [4.69, 9.17) is 0 Å². The van der Waals surface area contributed by atoms with Crippen LogP contribution in [0.25, 0.3) is 25.7 Å². The predicted octanol–water partition coefficient (Wildman–Crippen LogP) is 12.9. The first-order valence-electron chi connectivity index (χ1n) is 19.0. The lowest BCUT2D eigenvalue weighted by molar-refractivity contribution is 0.434. The number of thiophene rings is 1. The van der Waals surface area contributed by atoms with E-state index < -0.39 is 0 Å². The van der Waals surface area contributed by atoms with Gasteiger partial charge in [0.2, 0.25) is 6.71 Å². The van der Waals surface area contributed by atoms with Crippen LogP contribution in [0.3, 0.4) is 0 Å². The first-order chi connectivity index (χ1) is 24.3. The molecular weight excluding hydrogens is 621 g/mol. The maximum Gasteiger partial charge on any atom is 0.244 e. The third-order valence-corrected chi connectivity index (χ3v) is 13.2. The van der Waals surface area contributed by atoms with Gasteiger partial charge in [0.15, 0.2) is 0 Å². The van der Waals surface area contributed by atoms with Crippen LogP contribution >= 0.6 is 11.3 Å². The van der Waals surface area contributed by atoms with Gasteiger partial charge in [0.05, 0.1) is 0 Å². The van der Waals surface area contributed by atoms with Crippen LogP contribution in [0.1, 0.15) is 103 Å². The minimum absolute atomic E-state index is 0.145. The molecule has 0 spiro atoms. The molecule has 0 fully saturated rings. The molecule has 50 heavy (non-hydrogen) atoms. The van der Waals surface area contributed by atoms with Crippen molar-refractivity contribution in [3.8, 4) is 0 Å². The smallest absolute Gasteiger partial charge is 0.244 e. The second-order valence-corrected chi connectivity index (χ2v) is 16.7. The van der Waals surface area contributed by atoms with Gasteiger partial charge in [-0.3, -0.25) is 0 Å². The molecular formula is C47H50BNS. The molecule has 2 unspecified atom stereocenters. The van der Waals surface area contributed by atoms with Gasteiger partial charge in [0.25, 0.3) is 0 Å². The molecule has 0 amide bonds. The highest BCUT2D eigenvalue weighted by Crippen LogP contribution is 2.54. The van der Waals surface area contributed by atoms with E-state index in [2.05, 4.69) is 156 Å². The van der Waals surface area contributed by atoms with E-state index in [9.17, 15) is 0 Å². The molecule has 1 aliphatic carbocycles. The number of benzene rings is 5. The Hall–Kier alpha value is -4.08. The molecule has 2 heterocycles. The highest BCUT2D eigenvalue weighted by atomic mass is 32.1. The topological polar surface area (TPSA) is 3.24 Å². The summed E-state index contributed by atoms with van der Waals surface area (Å²) in [5.41, 5.74) is 14.1. The number of nitrogens with zero attached hydrogens (tertiary/aromatic N) is 1. The van der Waals surface area contributed by atoms with Gasteiger partial charge in [-0.2, -0.15) is 0 Å². The van der Waals surface area contributed by atoms with Gasteiger partial charge < -0.3 is 4.90 Å². The van der Waals surface area contributed by atoms with E-state index >= 15 is 0 Å². The van der Waals surface area contributed by atoms with Crippen LogP contribution in [-0.2, 0) is 5.41 Å². The van der Waals surface area contributed by atoms with Crippen molar-refractivity contribution in [1.82, 2.24) is 0 Å². The van der Waals surface area contributed by atoms with Crippen LogP contribution in [0.2, 0.25) is 0 Å². The highest BCUT2D eigenvalue weighted by Gasteiger charge is 2.48. The van der Waals surface area contributed by atoms with Gasteiger partial charge in [-0.25, -0.2) is 0 Å². The van der Waals surface area contributed by atoms with Gasteiger partial charge in [0, 0.05) is 42.6 Å². The molecule has 0 radical (unpaired) electrons. The number of para-hydroxylation sites is 2. The Morgan fingerprint density at radius 2 is 1.46 bits per heavy atom. The number of allylic oxidation sites excluding steroid dienone is 2. The molecule has 5 aromatic carbocycles. The minimum Gasteiger partial charge on any atom is -0.312 e. The van der Waals surface area contributed by atoms with Crippen LogP contribution in [0, 0.1) is 5.92 Å². The quantitative estimate of drug-likeness (QED) is 0.103. The Morgan fingerprint density at radius 1 is 0.720 bits per heavy atom. The highest BCUT2D eigenvalue weighted by molar-refractivity contribution is 7.26. The molecule has 2 aliphatic rings. The van der Waals surface area contributed by atoms with Gasteiger partial charge >= 0.3 is 0 Å². The summed E-state index contributed by atoms with van der Waals surface area (Å²) in [6.45, 7) is 14.9. The van der Waals surface area contributed by atoms with Gasteiger partial charge in [-0.1, -0.05) is 157 Å². The molecule has 252 valence electrons. The Labute approximate surface area is 304 Å². The lowest BCUT2D eigenvalue weighted by Crippen LogP contribution is -2.55. The molecule has 6 aromatic rings. The van der Waals surface area contributed by atoms with Crippen LogP contribution in [-0.4, -0.2) is 6.71 Å². The Morgan fingerprint density at radius 3 is 2.28 bits per heavy atom. The van der Waals surface area contributed by atoms with E-state index in [1.165, 1.54) is 109 Å². The standard InChI is InChI=1S/C47H50BNS/c1-7-8-10-18-31(2)27-28-32(3)35-22-17-25-41-44(35)48(39-23-14-15-24-40(39)49(41)34-19-11-9-12-20-34)46-33(4)36-29-30-38-37-21-13-16-26-42(37)50-45(38)43(36)47(46,5)6/h9,11-17,19-26,29-32H,7-8,10,18,27-28H2,1-6H3. The van der Waals surface area contributed by atoms with E-state index in [1.54, 1.807) is 5.47 Å². The average molecular weight is 672 g/mol. The van der Waals surface area contributed by atoms with Gasteiger partial charge in [-0.05, 0) is 83.1 Å². The van der Waals surface area contributed by atoms with Crippen LogP contribution in [0.4, 0.5) is 17.1 Å². The molecule has 8 rings (SSSR count). The molecule has 0 bridgehead atoms. The molecule has 0 saturated carbocycles. The summed E-state index contributed by atoms with van der Waals surface area (Å²) in [6, 6.07) is 41.2. The van der Waals surface area contributed by atoms with Gasteiger partial charge in [-0.15, -0.1) is 11.3 Å². The third-order valence-electron chi connectivity index (χ3n) is 12.0. The molecule has 0 saturated heterocycles. The number of hydrogen-bond donors (Lipinski definition) is 0. The largest absolute Gasteiger partial charge is 0.312 e. The number of hydrogen-bond acceptors (Lipinski definition) is 2. The second kappa shape index (κ2) is 13.2. The molecule has 1 aromatic heterocycles. The summed E-state index contributed by atoms with van der Waals surface area (Å²) in [4.78, 5) is 2.54. The monoisotopic (exact) mass is 671 g/mol. The Balaban J connectivity index is 1.32. The summed E-state index contributed by atoms with van der Waals surface area (Å²) < 4.78 is 2.83. The number of unbranched alkanes of at least 4 members (excludes halogenated alkanes) is 2. The van der Waals surface area contributed by atoms with Crippen molar-refractivity contribution in [3.05, 3.63) is 131 Å². The van der Waals surface area contributed by atoms with Crippen molar-refractivity contribution in [3.63, 3.8) is 0 Å². The SMILES string of the molecule is CCCCCC(C)CCC(C)c1cccc2c1B(C1=C(C)c3ccc4c(sc5ccccc54)c3C1(C)C)c1ccccc1N2c1ccccc1. The van der Waals surface area contributed by atoms with Crippen molar-refractivity contribution in [2.75, 3.05) is 4.90 Å². The summed E-state index contributed by atoms with van der Waals surface area (Å²) in [5.74, 6) is 1.23. The zero-order valence-electron chi connectivity index (χ0n) is 30.7. The zero-order valence-corrected chi connectivity index (χ0v) is 31.5. The van der Waals surface area contributed by atoms with E-state index in [0.717, 1.165) is 5.92 Å². The lowest BCUT2D eigenvalue weighted by atomic mass is 9.30. The van der Waals surface area contributed by atoms with Crippen molar-refractivity contribution in [2.45, 2.75) is 91.4 Å². The first kappa shape index (κ1) is 33.1. The van der Waals surface area contributed by atoms with E-state index in [0.29, 0.717) is 5.92 Å². The Kier molecular flexibility index (Phi) is 8.76. The fraction of sp³-hybridized carbons (Fsp3) is 0.319. The summed E-state index contributed by atoms with van der Waals surface area (Å²) in [5, 5.41) is 2.78. The first-order valence-corrected chi connectivity index (χ1v) is 19.9. The number of fused-ring (bicyclic) bond motifs is 7. The van der Waals surface area contributed by atoms with Crippen molar-refractivity contribution >= 4 is 71.8 Å². The summed E-state index contributed by atoms with van der Waals surface area (Å²) in [7, 11) is 0. The van der Waals surface area contributed by atoms with Crippen molar-refractivity contribution in [2.24, 2.45) is 5.92 Å². The predicted molar refractivity (Wildman–Crippen MR) is 222 cm³/mol. The fourth-order valence-corrected chi connectivity index (χ4v) is 10.9. The average Bonchev–Trinajstić information content (AvgIpc) is 3.61. The molecule has 3 heteroatoms. The maximum atomic E-state index is 2.54. The van der Waals surface area contributed by atoms with Crippen LogP contribution in [0.5, 0.6) is 0 Å². The fourth-order valence-electron chi connectivity index (χ4n) is 9.51. The molecule has 1 nitrogen and oxygen atoms in total. The van der Waals surface area contributed by atoms with E-state index in [-0.39, 0.29) is 12.1 Å². The minimum atomic E-state index is -0.145. The summed E-state index contributed by atoms with van der Waals surface area (Å²) in [6.07, 6.45) is 7.84. The van der Waals surface area contributed by atoms with Crippen molar-refractivity contribution < 1.29 is 0 Å². The maximum absolute atomic E-state index is 2.54. The second-order valence-electron chi connectivity index (χ2n) is 15.6.